The summed E-state index contributed by atoms with van der Waals surface area (Å²) in [6.45, 7) is 4.04. The molecule has 1 heterocycles. The van der Waals surface area contributed by atoms with Crippen molar-refractivity contribution < 1.29 is 4.79 Å². The molecule has 0 radical (unpaired) electrons. The van der Waals surface area contributed by atoms with Crippen LogP contribution in [0.1, 0.15) is 19.8 Å². The first kappa shape index (κ1) is 16.6. The molecule has 1 aliphatic heterocycles. The molecule has 0 bridgehead atoms. The van der Waals surface area contributed by atoms with Gasteiger partial charge in [0.2, 0.25) is 5.91 Å². The first-order valence-electron chi connectivity index (χ1n) is 7.18. The number of nitrogens with two attached hydrogens (primary N) is 1. The molecule has 2 unspecified atom stereocenters. The highest BCUT2D eigenvalue weighted by atomic mass is 35.5. The average Bonchev–Trinajstić information content (AvgIpc) is 2.44. The average molecular weight is 330 g/mol. The second-order valence-electron chi connectivity index (χ2n) is 5.66. The highest BCUT2D eigenvalue weighted by Gasteiger charge is 2.26. The zero-order valence-electron chi connectivity index (χ0n) is 12.1. The van der Waals surface area contributed by atoms with E-state index in [9.17, 15) is 4.79 Å². The summed E-state index contributed by atoms with van der Waals surface area (Å²) in [5.41, 5.74) is 6.36. The number of anilines is 1. The van der Waals surface area contributed by atoms with Crippen molar-refractivity contribution in [3.63, 3.8) is 0 Å². The van der Waals surface area contributed by atoms with Crippen molar-refractivity contribution in [1.29, 1.82) is 0 Å². The van der Waals surface area contributed by atoms with Crippen molar-refractivity contribution in [3.8, 4) is 0 Å². The predicted octanol–water partition coefficient (Wildman–Crippen LogP) is 2.99. The maximum atomic E-state index is 12.2. The molecular formula is C15H21Cl2N3O. The van der Waals surface area contributed by atoms with Crippen molar-refractivity contribution >= 4 is 34.8 Å². The summed E-state index contributed by atoms with van der Waals surface area (Å²) in [6, 6.07) is 5.29. The lowest BCUT2D eigenvalue weighted by molar-refractivity contribution is -0.118. The number of piperidine rings is 1. The van der Waals surface area contributed by atoms with Crippen LogP contribution in [0.2, 0.25) is 10.0 Å². The molecule has 0 aliphatic carbocycles. The molecule has 1 amide bonds. The van der Waals surface area contributed by atoms with Crippen LogP contribution in [0, 0.1) is 5.92 Å². The largest absolute Gasteiger partial charge is 0.329 e. The van der Waals surface area contributed by atoms with Crippen LogP contribution < -0.4 is 11.1 Å². The van der Waals surface area contributed by atoms with Crippen molar-refractivity contribution in [2.45, 2.75) is 25.8 Å². The summed E-state index contributed by atoms with van der Waals surface area (Å²) in [4.78, 5) is 14.3. The Morgan fingerprint density at radius 3 is 2.95 bits per heavy atom. The van der Waals surface area contributed by atoms with Crippen LogP contribution in [0.4, 0.5) is 5.69 Å². The van der Waals surface area contributed by atoms with E-state index in [2.05, 4.69) is 17.1 Å². The van der Waals surface area contributed by atoms with E-state index in [1.54, 1.807) is 18.2 Å². The monoisotopic (exact) mass is 329 g/mol. The lowest BCUT2D eigenvalue weighted by Gasteiger charge is -2.37. The molecule has 116 valence electrons. The molecule has 0 spiro atoms. The third-order valence-electron chi connectivity index (χ3n) is 3.92. The molecule has 1 aromatic carbocycles. The summed E-state index contributed by atoms with van der Waals surface area (Å²) in [5.74, 6) is 0.576. The van der Waals surface area contributed by atoms with Gasteiger partial charge in [0.25, 0.3) is 0 Å². The number of nitrogens with one attached hydrogen (secondary N) is 1. The lowest BCUT2D eigenvalue weighted by atomic mass is 9.92. The van der Waals surface area contributed by atoms with Gasteiger partial charge in [-0.3, -0.25) is 9.69 Å². The minimum absolute atomic E-state index is 0.0906. The standard InChI is InChI=1S/C15H21Cl2N3O/c1-10-4-5-20(12(6-10)8-18)9-15(21)19-14-7-11(16)2-3-13(14)17/h2-3,7,10,12H,4-6,8-9,18H2,1H3,(H,19,21). The van der Waals surface area contributed by atoms with E-state index >= 15 is 0 Å². The molecule has 21 heavy (non-hydrogen) atoms. The fraction of sp³-hybridized carbons (Fsp3) is 0.533. The molecule has 1 fully saturated rings. The topological polar surface area (TPSA) is 58.4 Å². The van der Waals surface area contributed by atoms with Crippen molar-refractivity contribution in [3.05, 3.63) is 28.2 Å². The van der Waals surface area contributed by atoms with Crippen LogP contribution in [0.15, 0.2) is 18.2 Å². The quantitative estimate of drug-likeness (QED) is 0.892. The van der Waals surface area contributed by atoms with Gasteiger partial charge in [-0.05, 0) is 43.5 Å². The molecule has 0 aromatic heterocycles. The smallest absolute Gasteiger partial charge is 0.238 e. The number of carbonyl (C=O) groups is 1. The highest BCUT2D eigenvalue weighted by Crippen LogP contribution is 2.26. The van der Waals surface area contributed by atoms with Crippen LogP contribution in [0.5, 0.6) is 0 Å². The molecule has 2 rings (SSSR count). The number of nitrogens with zero attached hydrogens (tertiary/aromatic N) is 1. The summed E-state index contributed by atoms with van der Waals surface area (Å²) < 4.78 is 0. The molecule has 0 saturated carbocycles. The van der Waals surface area contributed by atoms with E-state index in [4.69, 9.17) is 28.9 Å². The van der Waals surface area contributed by atoms with Gasteiger partial charge in [0.05, 0.1) is 17.3 Å². The van der Waals surface area contributed by atoms with E-state index in [0.29, 0.717) is 34.7 Å². The fourth-order valence-corrected chi connectivity index (χ4v) is 3.06. The number of amides is 1. The number of hydrogen-bond donors (Lipinski definition) is 2. The highest BCUT2D eigenvalue weighted by molar-refractivity contribution is 6.35. The van der Waals surface area contributed by atoms with Crippen LogP contribution in [0.25, 0.3) is 0 Å². The maximum Gasteiger partial charge on any atom is 0.238 e. The van der Waals surface area contributed by atoms with E-state index < -0.39 is 0 Å². The first-order valence-corrected chi connectivity index (χ1v) is 7.94. The van der Waals surface area contributed by atoms with Gasteiger partial charge < -0.3 is 11.1 Å². The van der Waals surface area contributed by atoms with Crippen LogP contribution in [0.3, 0.4) is 0 Å². The zero-order valence-corrected chi connectivity index (χ0v) is 13.6. The van der Waals surface area contributed by atoms with Gasteiger partial charge in [0.15, 0.2) is 0 Å². The number of rotatable bonds is 4. The Bertz CT molecular complexity index is 510. The first-order chi connectivity index (χ1) is 9.99. The van der Waals surface area contributed by atoms with Gasteiger partial charge in [-0.1, -0.05) is 30.1 Å². The molecular weight excluding hydrogens is 309 g/mol. The van der Waals surface area contributed by atoms with E-state index in [1.165, 1.54) is 0 Å². The number of hydrogen-bond acceptors (Lipinski definition) is 3. The number of carbonyl (C=O) groups excluding carboxylic acids is 1. The second kappa shape index (κ2) is 7.45. The molecule has 6 heteroatoms. The minimum atomic E-state index is -0.0906. The van der Waals surface area contributed by atoms with Crippen molar-refractivity contribution in [2.75, 3.05) is 25.0 Å². The third-order valence-corrected chi connectivity index (χ3v) is 4.49. The lowest BCUT2D eigenvalue weighted by Crippen LogP contribution is -2.49. The van der Waals surface area contributed by atoms with Crippen molar-refractivity contribution in [1.82, 2.24) is 4.90 Å². The zero-order chi connectivity index (χ0) is 15.4. The summed E-state index contributed by atoms with van der Waals surface area (Å²) >= 11 is 12.0. The van der Waals surface area contributed by atoms with E-state index in [-0.39, 0.29) is 11.9 Å². The number of benzene rings is 1. The predicted molar refractivity (Wildman–Crippen MR) is 87.9 cm³/mol. The third kappa shape index (κ3) is 4.58. The van der Waals surface area contributed by atoms with Gasteiger partial charge in [-0.2, -0.15) is 0 Å². The Hall–Kier alpha value is -0.810. The fourth-order valence-electron chi connectivity index (χ4n) is 2.72. The second-order valence-corrected chi connectivity index (χ2v) is 6.51. The van der Waals surface area contributed by atoms with Gasteiger partial charge in [-0.15, -0.1) is 0 Å². The van der Waals surface area contributed by atoms with Crippen molar-refractivity contribution in [2.24, 2.45) is 11.7 Å². The van der Waals surface area contributed by atoms with Gasteiger partial charge in [0.1, 0.15) is 0 Å². The Morgan fingerprint density at radius 1 is 1.48 bits per heavy atom. The number of likely N-dealkylation sites (tertiary alicyclic amines) is 1. The summed E-state index contributed by atoms with van der Waals surface area (Å²) in [7, 11) is 0. The Morgan fingerprint density at radius 2 is 2.24 bits per heavy atom. The number of halogens is 2. The van der Waals surface area contributed by atoms with Crippen LogP contribution in [-0.4, -0.2) is 36.5 Å². The van der Waals surface area contributed by atoms with Crippen LogP contribution in [-0.2, 0) is 4.79 Å². The summed E-state index contributed by atoms with van der Waals surface area (Å²) in [6.07, 6.45) is 2.14. The van der Waals surface area contributed by atoms with Crippen LogP contribution >= 0.6 is 23.2 Å². The van der Waals surface area contributed by atoms with E-state index in [1.807, 2.05) is 0 Å². The van der Waals surface area contributed by atoms with Gasteiger partial charge >= 0.3 is 0 Å². The maximum absolute atomic E-state index is 12.2. The SMILES string of the molecule is CC1CCN(CC(=O)Nc2cc(Cl)ccc2Cl)C(CN)C1. The Kier molecular flexibility index (Phi) is 5.88. The minimum Gasteiger partial charge on any atom is -0.329 e. The molecule has 1 aliphatic rings. The summed E-state index contributed by atoms with van der Waals surface area (Å²) in [5, 5.41) is 3.84. The Balaban J connectivity index is 1.96. The molecule has 1 saturated heterocycles. The molecule has 4 nitrogen and oxygen atoms in total. The molecule has 1 aromatic rings. The molecule has 2 atom stereocenters. The Labute approximate surface area is 135 Å². The van der Waals surface area contributed by atoms with Gasteiger partial charge in [-0.25, -0.2) is 0 Å². The molecule has 3 N–H and O–H groups in total. The normalized spacial score (nSPS) is 23.0. The van der Waals surface area contributed by atoms with Gasteiger partial charge in [0, 0.05) is 17.6 Å². The van der Waals surface area contributed by atoms with E-state index in [0.717, 1.165) is 19.4 Å².